The number of pyridine rings is 1. The van der Waals surface area contributed by atoms with Crippen molar-refractivity contribution in [1.82, 2.24) is 30.0 Å². The normalized spacial score (nSPS) is 18.7. The van der Waals surface area contributed by atoms with Gasteiger partial charge in [0.1, 0.15) is 11.6 Å². The number of rotatable bonds is 3. The Morgan fingerprint density at radius 2 is 2.04 bits per heavy atom. The average molecular weight is 383 g/mol. The number of piperidine rings is 1. The van der Waals surface area contributed by atoms with E-state index in [4.69, 9.17) is 11.6 Å². The SMILES string of the molecule is Clc1cc(CN2CCC(c3nnc4n3CCNC4)CC2)c2ncccc2c1. The van der Waals surface area contributed by atoms with Crippen molar-refractivity contribution in [2.24, 2.45) is 0 Å². The molecule has 0 atom stereocenters. The third kappa shape index (κ3) is 3.33. The molecule has 2 aromatic heterocycles. The van der Waals surface area contributed by atoms with E-state index in [1.54, 1.807) is 0 Å². The van der Waals surface area contributed by atoms with Crippen molar-refractivity contribution in [2.75, 3.05) is 19.6 Å². The minimum atomic E-state index is 0.509. The van der Waals surface area contributed by atoms with Gasteiger partial charge in [0, 0.05) is 42.2 Å². The van der Waals surface area contributed by atoms with Crippen LogP contribution >= 0.6 is 11.6 Å². The zero-order chi connectivity index (χ0) is 18.2. The Morgan fingerprint density at radius 1 is 1.15 bits per heavy atom. The van der Waals surface area contributed by atoms with Gasteiger partial charge in [-0.2, -0.15) is 0 Å². The van der Waals surface area contributed by atoms with Gasteiger partial charge in [-0.25, -0.2) is 0 Å². The fourth-order valence-electron chi connectivity index (χ4n) is 4.35. The first-order chi connectivity index (χ1) is 13.3. The highest BCUT2D eigenvalue weighted by Crippen LogP contribution is 2.30. The zero-order valence-electron chi connectivity index (χ0n) is 15.2. The predicted octanol–water partition coefficient (Wildman–Crippen LogP) is 2.96. The molecule has 6 nitrogen and oxygen atoms in total. The molecule has 27 heavy (non-hydrogen) atoms. The van der Waals surface area contributed by atoms with Crippen LogP contribution < -0.4 is 5.32 Å². The highest BCUT2D eigenvalue weighted by Gasteiger charge is 2.27. The lowest BCUT2D eigenvalue weighted by Gasteiger charge is -2.32. The second kappa shape index (κ2) is 7.19. The Hall–Kier alpha value is -2.02. The molecule has 1 saturated heterocycles. The maximum Gasteiger partial charge on any atom is 0.147 e. The number of aromatic nitrogens is 4. The van der Waals surface area contributed by atoms with Crippen LogP contribution in [0, 0.1) is 0 Å². The number of halogens is 1. The summed E-state index contributed by atoms with van der Waals surface area (Å²) < 4.78 is 2.32. The van der Waals surface area contributed by atoms with E-state index in [9.17, 15) is 0 Å². The van der Waals surface area contributed by atoms with Gasteiger partial charge in [-0.05, 0) is 49.7 Å². The molecule has 1 N–H and O–H groups in total. The number of benzene rings is 1. The van der Waals surface area contributed by atoms with Gasteiger partial charge in [-0.1, -0.05) is 17.7 Å². The van der Waals surface area contributed by atoms with Crippen LogP contribution in [0.4, 0.5) is 0 Å². The number of fused-ring (bicyclic) bond motifs is 2. The Labute approximate surface area is 163 Å². The first-order valence-electron chi connectivity index (χ1n) is 9.66. The quantitative estimate of drug-likeness (QED) is 0.754. The zero-order valence-corrected chi connectivity index (χ0v) is 16.0. The molecule has 0 amide bonds. The third-order valence-corrected chi connectivity index (χ3v) is 5.96. The summed E-state index contributed by atoms with van der Waals surface area (Å²) in [6, 6.07) is 8.09. The van der Waals surface area contributed by atoms with E-state index in [0.29, 0.717) is 5.92 Å². The lowest BCUT2D eigenvalue weighted by atomic mass is 9.95. The highest BCUT2D eigenvalue weighted by molar-refractivity contribution is 6.31. The predicted molar refractivity (Wildman–Crippen MR) is 106 cm³/mol. The number of hydrogen-bond acceptors (Lipinski definition) is 5. The summed E-state index contributed by atoms with van der Waals surface area (Å²) >= 11 is 6.33. The summed E-state index contributed by atoms with van der Waals surface area (Å²) in [6.07, 6.45) is 4.10. The number of nitrogens with zero attached hydrogens (tertiary/aromatic N) is 5. The van der Waals surface area contributed by atoms with Crippen LogP contribution in [0.5, 0.6) is 0 Å². The Bertz CT molecular complexity index is 960. The smallest absolute Gasteiger partial charge is 0.147 e. The lowest BCUT2D eigenvalue weighted by Crippen LogP contribution is -2.34. The standard InChI is InChI=1S/C20H23ClN6/c21-17-10-15-2-1-5-23-19(15)16(11-17)13-26-7-3-14(4-8-26)20-25-24-18-12-22-6-9-27(18)20/h1-2,5,10-11,14,22H,3-4,6-9,12-13H2. The molecule has 2 aliphatic heterocycles. The van der Waals surface area contributed by atoms with Crippen molar-refractivity contribution < 1.29 is 0 Å². The van der Waals surface area contributed by atoms with Gasteiger partial charge in [-0.3, -0.25) is 9.88 Å². The van der Waals surface area contributed by atoms with Gasteiger partial charge < -0.3 is 9.88 Å². The topological polar surface area (TPSA) is 58.9 Å². The fraction of sp³-hybridized carbons (Fsp3) is 0.450. The molecule has 5 rings (SSSR count). The third-order valence-electron chi connectivity index (χ3n) is 5.75. The number of hydrogen-bond donors (Lipinski definition) is 1. The molecule has 0 radical (unpaired) electrons. The molecule has 140 valence electrons. The summed E-state index contributed by atoms with van der Waals surface area (Å²) in [5.74, 6) is 2.77. The highest BCUT2D eigenvalue weighted by atomic mass is 35.5. The van der Waals surface area contributed by atoms with E-state index < -0.39 is 0 Å². The van der Waals surface area contributed by atoms with Crippen LogP contribution in [0.3, 0.4) is 0 Å². The van der Waals surface area contributed by atoms with Crippen LogP contribution in [0.25, 0.3) is 10.9 Å². The molecule has 0 aliphatic carbocycles. The van der Waals surface area contributed by atoms with E-state index >= 15 is 0 Å². The summed E-state index contributed by atoms with van der Waals surface area (Å²) in [6.45, 7) is 5.84. The van der Waals surface area contributed by atoms with Crippen molar-refractivity contribution in [1.29, 1.82) is 0 Å². The summed E-state index contributed by atoms with van der Waals surface area (Å²) in [5.41, 5.74) is 2.27. The maximum atomic E-state index is 6.33. The number of nitrogens with one attached hydrogen (secondary N) is 1. The fourth-order valence-corrected chi connectivity index (χ4v) is 4.60. The second-order valence-corrected chi connectivity index (χ2v) is 7.93. The first kappa shape index (κ1) is 17.1. The van der Waals surface area contributed by atoms with Gasteiger partial charge in [0.05, 0.1) is 12.1 Å². The van der Waals surface area contributed by atoms with E-state index in [2.05, 4.69) is 42.1 Å². The first-order valence-corrected chi connectivity index (χ1v) is 10.0. The van der Waals surface area contributed by atoms with Crippen LogP contribution in [0.15, 0.2) is 30.5 Å². The van der Waals surface area contributed by atoms with Gasteiger partial charge in [-0.15, -0.1) is 10.2 Å². The lowest BCUT2D eigenvalue weighted by molar-refractivity contribution is 0.200. The summed E-state index contributed by atoms with van der Waals surface area (Å²) in [7, 11) is 0. The molecule has 2 aliphatic rings. The molecule has 7 heteroatoms. The van der Waals surface area contributed by atoms with E-state index in [1.165, 1.54) is 11.4 Å². The molecule has 0 unspecified atom stereocenters. The van der Waals surface area contributed by atoms with Crippen LogP contribution in [-0.2, 0) is 19.6 Å². The average Bonchev–Trinajstić information content (AvgIpc) is 3.13. The van der Waals surface area contributed by atoms with Crippen molar-refractivity contribution >= 4 is 22.5 Å². The minimum absolute atomic E-state index is 0.509. The van der Waals surface area contributed by atoms with Crippen LogP contribution in [-0.4, -0.2) is 44.3 Å². The van der Waals surface area contributed by atoms with Gasteiger partial charge >= 0.3 is 0 Å². The van der Waals surface area contributed by atoms with Gasteiger partial charge in [0.15, 0.2) is 0 Å². The molecule has 4 heterocycles. The molecule has 1 aromatic carbocycles. The summed E-state index contributed by atoms with van der Waals surface area (Å²) in [4.78, 5) is 7.08. The minimum Gasteiger partial charge on any atom is -0.312 e. The molecule has 3 aromatic rings. The Kier molecular flexibility index (Phi) is 4.55. The largest absolute Gasteiger partial charge is 0.312 e. The molecular weight excluding hydrogens is 360 g/mol. The monoisotopic (exact) mass is 382 g/mol. The second-order valence-electron chi connectivity index (χ2n) is 7.49. The van der Waals surface area contributed by atoms with Crippen molar-refractivity contribution in [3.05, 3.63) is 52.7 Å². The van der Waals surface area contributed by atoms with Crippen molar-refractivity contribution in [3.63, 3.8) is 0 Å². The maximum absolute atomic E-state index is 6.33. The van der Waals surface area contributed by atoms with Crippen LogP contribution in [0.1, 0.15) is 36.0 Å². The van der Waals surface area contributed by atoms with E-state index in [0.717, 1.165) is 73.9 Å². The van der Waals surface area contributed by atoms with Crippen molar-refractivity contribution in [2.45, 2.75) is 38.4 Å². The summed E-state index contributed by atoms with van der Waals surface area (Å²) in [5, 5.41) is 14.1. The van der Waals surface area contributed by atoms with Gasteiger partial charge in [0.2, 0.25) is 0 Å². The Balaban J connectivity index is 1.30. The molecule has 1 fully saturated rings. The van der Waals surface area contributed by atoms with Crippen LogP contribution in [0.2, 0.25) is 5.02 Å². The number of likely N-dealkylation sites (tertiary alicyclic amines) is 1. The van der Waals surface area contributed by atoms with Crippen molar-refractivity contribution in [3.8, 4) is 0 Å². The Morgan fingerprint density at radius 3 is 2.93 bits per heavy atom. The molecule has 0 saturated carbocycles. The van der Waals surface area contributed by atoms with Gasteiger partial charge in [0.25, 0.3) is 0 Å². The van der Waals surface area contributed by atoms with E-state index in [1.807, 2.05) is 18.3 Å². The molecular formula is C20H23ClN6. The molecule has 0 spiro atoms. The molecule has 0 bridgehead atoms. The van der Waals surface area contributed by atoms with E-state index in [-0.39, 0.29) is 0 Å².